The van der Waals surface area contributed by atoms with Gasteiger partial charge in [0.1, 0.15) is 0 Å². The molecule has 0 N–H and O–H groups in total. The molecule has 0 radical (unpaired) electrons. The van der Waals surface area contributed by atoms with Gasteiger partial charge in [0.15, 0.2) is 11.6 Å². The zero-order valence-corrected chi connectivity index (χ0v) is 18.1. The molecule has 0 aliphatic carbocycles. The Kier molecular flexibility index (Phi) is 7.12. The number of halogens is 10. The van der Waals surface area contributed by atoms with Gasteiger partial charge in [0.25, 0.3) is 0 Å². The lowest BCUT2D eigenvalue weighted by molar-refractivity contribution is -0.143. The highest BCUT2D eigenvalue weighted by atomic mass is 35.5. The smallest absolute Gasteiger partial charge is 0.433 e. The second-order valence-electron chi connectivity index (χ2n) is 7.02. The van der Waals surface area contributed by atoms with Crippen LogP contribution in [0.2, 0.25) is 5.02 Å². The molecule has 0 aliphatic heterocycles. The minimum absolute atomic E-state index is 0.193. The fourth-order valence-corrected chi connectivity index (χ4v) is 3.23. The third kappa shape index (κ3) is 6.08. The molecular formula is C21H13ClF9N3O. The molecule has 4 nitrogen and oxygen atoms in total. The highest BCUT2D eigenvalue weighted by Gasteiger charge is 2.39. The zero-order chi connectivity index (χ0) is 26.2. The SMILES string of the molecule is COc1cc(C(F)(F)F)nc(=Nc2cc(C(F)(F)F)cc(C(F)(F)F)c2Cl)n1Cc1ccccc1. The van der Waals surface area contributed by atoms with E-state index in [0.29, 0.717) is 11.6 Å². The second-order valence-corrected chi connectivity index (χ2v) is 7.40. The van der Waals surface area contributed by atoms with Crippen LogP contribution in [0, 0.1) is 0 Å². The number of rotatable bonds is 4. The van der Waals surface area contributed by atoms with Gasteiger partial charge in [-0.2, -0.15) is 39.5 Å². The fraction of sp³-hybridized carbons (Fsp3) is 0.238. The van der Waals surface area contributed by atoms with E-state index in [1.807, 2.05) is 0 Å². The van der Waals surface area contributed by atoms with Gasteiger partial charge in [0.05, 0.1) is 35.5 Å². The van der Waals surface area contributed by atoms with Crippen molar-refractivity contribution in [3.05, 3.63) is 81.6 Å². The molecule has 2 aromatic carbocycles. The molecule has 188 valence electrons. The van der Waals surface area contributed by atoms with Crippen molar-refractivity contribution in [2.45, 2.75) is 25.1 Å². The average molecular weight is 530 g/mol. The molecule has 0 unspecified atom stereocenters. The third-order valence-electron chi connectivity index (χ3n) is 4.58. The number of hydrogen-bond acceptors (Lipinski definition) is 3. The van der Waals surface area contributed by atoms with Crippen molar-refractivity contribution in [1.29, 1.82) is 0 Å². The van der Waals surface area contributed by atoms with E-state index in [4.69, 9.17) is 16.3 Å². The maximum absolute atomic E-state index is 13.4. The van der Waals surface area contributed by atoms with Crippen molar-refractivity contribution in [3.8, 4) is 5.88 Å². The molecule has 1 heterocycles. The molecule has 14 heteroatoms. The summed E-state index contributed by atoms with van der Waals surface area (Å²) in [6.07, 6.45) is -15.6. The van der Waals surface area contributed by atoms with Crippen molar-refractivity contribution < 1.29 is 44.3 Å². The van der Waals surface area contributed by atoms with Gasteiger partial charge >= 0.3 is 18.5 Å². The number of alkyl halides is 9. The standard InChI is InChI=1S/C21H13ClF9N3O/c1-35-16-9-15(21(29,30)31)33-18(34(16)10-11-5-3-2-4-6-11)32-14-8-12(19(23,24)25)7-13(17(14)22)20(26,27)28/h2-9H,10H2,1H3. The Hall–Kier alpha value is -3.22. The Bertz CT molecular complexity index is 1280. The first kappa shape index (κ1) is 26.4. The van der Waals surface area contributed by atoms with Crippen LogP contribution in [0.5, 0.6) is 5.88 Å². The Balaban J connectivity index is 2.39. The zero-order valence-electron chi connectivity index (χ0n) is 17.4. The quantitative estimate of drug-likeness (QED) is 0.346. The average Bonchev–Trinajstić information content (AvgIpc) is 2.74. The summed E-state index contributed by atoms with van der Waals surface area (Å²) < 4.78 is 126. The molecule has 0 amide bonds. The van der Waals surface area contributed by atoms with E-state index in [-0.39, 0.29) is 18.7 Å². The van der Waals surface area contributed by atoms with Crippen molar-refractivity contribution in [1.82, 2.24) is 9.55 Å². The number of hydrogen-bond donors (Lipinski definition) is 0. The summed E-state index contributed by atoms with van der Waals surface area (Å²) >= 11 is 5.71. The lowest BCUT2D eigenvalue weighted by Gasteiger charge is -2.17. The summed E-state index contributed by atoms with van der Waals surface area (Å²) in [5, 5.41) is -1.24. The number of ether oxygens (including phenoxy) is 1. The van der Waals surface area contributed by atoms with Crippen molar-refractivity contribution >= 4 is 17.3 Å². The predicted octanol–water partition coefficient (Wildman–Crippen LogP) is 6.88. The lowest BCUT2D eigenvalue weighted by atomic mass is 10.1. The normalized spacial score (nSPS) is 13.3. The first-order chi connectivity index (χ1) is 16.1. The van der Waals surface area contributed by atoms with E-state index in [1.165, 1.54) is 0 Å². The Morgan fingerprint density at radius 3 is 2.03 bits per heavy atom. The summed E-state index contributed by atoms with van der Waals surface area (Å²) in [6.45, 7) is -0.226. The van der Waals surface area contributed by atoms with Crippen LogP contribution in [-0.2, 0) is 25.1 Å². The van der Waals surface area contributed by atoms with Crippen LogP contribution in [0.25, 0.3) is 0 Å². The first-order valence-corrected chi connectivity index (χ1v) is 9.78. The van der Waals surface area contributed by atoms with E-state index in [9.17, 15) is 39.5 Å². The number of aromatic nitrogens is 2. The molecule has 0 saturated heterocycles. The lowest BCUT2D eigenvalue weighted by Crippen LogP contribution is -2.29. The highest BCUT2D eigenvalue weighted by molar-refractivity contribution is 6.33. The summed E-state index contributed by atoms with van der Waals surface area (Å²) in [5.74, 6) is -0.450. The minimum atomic E-state index is -5.30. The van der Waals surface area contributed by atoms with Crippen molar-refractivity contribution in [3.63, 3.8) is 0 Å². The molecule has 0 atom stereocenters. The Labute approximate surface area is 196 Å². The molecule has 3 rings (SSSR count). The van der Waals surface area contributed by atoms with Crippen molar-refractivity contribution in [2.24, 2.45) is 4.99 Å². The van der Waals surface area contributed by atoms with Crippen LogP contribution in [0.3, 0.4) is 0 Å². The monoisotopic (exact) mass is 529 g/mol. The van der Waals surface area contributed by atoms with E-state index < -0.39 is 57.6 Å². The van der Waals surface area contributed by atoms with Gasteiger partial charge in [0, 0.05) is 6.07 Å². The van der Waals surface area contributed by atoms with Crippen LogP contribution >= 0.6 is 11.6 Å². The van der Waals surface area contributed by atoms with Gasteiger partial charge in [-0.1, -0.05) is 41.9 Å². The molecule has 1 aromatic heterocycles. The topological polar surface area (TPSA) is 39.4 Å². The van der Waals surface area contributed by atoms with Gasteiger partial charge in [-0.25, -0.2) is 9.98 Å². The summed E-state index contributed by atoms with van der Waals surface area (Å²) in [5.41, 5.74) is -6.60. The molecule has 35 heavy (non-hydrogen) atoms. The van der Waals surface area contributed by atoms with Crippen LogP contribution in [-0.4, -0.2) is 16.7 Å². The Morgan fingerprint density at radius 2 is 1.51 bits per heavy atom. The van der Waals surface area contributed by atoms with Gasteiger partial charge in [-0.3, -0.25) is 4.57 Å². The largest absolute Gasteiger partial charge is 0.482 e. The van der Waals surface area contributed by atoms with Gasteiger partial charge in [-0.15, -0.1) is 0 Å². The second kappa shape index (κ2) is 9.44. The van der Waals surface area contributed by atoms with E-state index in [2.05, 4.69) is 9.98 Å². The molecule has 0 aliphatic rings. The summed E-state index contributed by atoms with van der Waals surface area (Å²) in [7, 11) is 1.03. The van der Waals surface area contributed by atoms with E-state index in [1.54, 1.807) is 30.3 Å². The van der Waals surface area contributed by atoms with Crippen LogP contribution in [0.15, 0.2) is 53.5 Å². The number of methoxy groups -OCH3 is 1. The molecule has 3 aromatic rings. The summed E-state index contributed by atoms with van der Waals surface area (Å²) in [6, 6.07) is 8.53. The predicted molar refractivity (Wildman–Crippen MR) is 106 cm³/mol. The number of benzene rings is 2. The van der Waals surface area contributed by atoms with Gasteiger partial charge < -0.3 is 4.74 Å². The van der Waals surface area contributed by atoms with Crippen LogP contribution in [0.1, 0.15) is 22.4 Å². The maximum atomic E-state index is 13.4. The number of nitrogens with zero attached hydrogens (tertiary/aromatic N) is 3. The van der Waals surface area contributed by atoms with E-state index in [0.717, 1.165) is 11.7 Å². The minimum Gasteiger partial charge on any atom is -0.482 e. The first-order valence-electron chi connectivity index (χ1n) is 9.41. The van der Waals surface area contributed by atoms with Gasteiger partial charge in [0.2, 0.25) is 5.62 Å². The van der Waals surface area contributed by atoms with E-state index >= 15 is 0 Å². The fourth-order valence-electron chi connectivity index (χ4n) is 2.98. The van der Waals surface area contributed by atoms with Crippen LogP contribution < -0.4 is 10.4 Å². The molecule has 0 bridgehead atoms. The maximum Gasteiger partial charge on any atom is 0.433 e. The highest BCUT2D eigenvalue weighted by Crippen LogP contribution is 2.43. The molecular weight excluding hydrogens is 517 g/mol. The molecule has 0 fully saturated rings. The molecule has 0 spiro atoms. The Morgan fingerprint density at radius 1 is 0.886 bits per heavy atom. The molecule has 0 saturated carbocycles. The summed E-state index contributed by atoms with van der Waals surface area (Å²) in [4.78, 5) is 6.95. The van der Waals surface area contributed by atoms with Crippen LogP contribution in [0.4, 0.5) is 45.2 Å². The van der Waals surface area contributed by atoms with Gasteiger partial charge in [-0.05, 0) is 17.7 Å². The van der Waals surface area contributed by atoms with Crippen molar-refractivity contribution in [2.75, 3.05) is 7.11 Å². The third-order valence-corrected chi connectivity index (χ3v) is 4.97.